The lowest BCUT2D eigenvalue weighted by atomic mass is 9.75. The van der Waals surface area contributed by atoms with Crippen LogP contribution < -0.4 is 0 Å². The van der Waals surface area contributed by atoms with Gasteiger partial charge in [-0.3, -0.25) is 4.98 Å². The van der Waals surface area contributed by atoms with Crippen LogP contribution in [0.5, 0.6) is 0 Å². The second kappa shape index (κ2) is 13.0. The van der Waals surface area contributed by atoms with Crippen LogP contribution in [-0.2, 0) is 17.6 Å². The third kappa shape index (κ3) is 6.76. The number of fused-ring (bicyclic) bond motifs is 1. The summed E-state index contributed by atoms with van der Waals surface area (Å²) in [4.78, 5) is 13.5. The molecule has 178 valence electrons. The van der Waals surface area contributed by atoms with Crippen LogP contribution in [0, 0.1) is 13.8 Å². The molecular weight excluding hydrogens is 414 g/mol. The van der Waals surface area contributed by atoms with Gasteiger partial charge < -0.3 is 4.79 Å². The second-order valence-electron chi connectivity index (χ2n) is 9.46. The van der Waals surface area contributed by atoms with E-state index in [2.05, 4.69) is 75.0 Å². The summed E-state index contributed by atoms with van der Waals surface area (Å²) in [5.74, 6) is 1.23. The van der Waals surface area contributed by atoms with Crippen molar-refractivity contribution in [3.05, 3.63) is 106 Å². The van der Waals surface area contributed by atoms with Gasteiger partial charge in [0.25, 0.3) is 0 Å². The molecule has 0 N–H and O–H groups in total. The molecular formula is C32H39NO. The zero-order valence-electron chi connectivity index (χ0n) is 21.1. The molecule has 2 nitrogen and oxygen atoms in total. The Labute approximate surface area is 206 Å². The first-order valence-electron chi connectivity index (χ1n) is 12.7. The summed E-state index contributed by atoms with van der Waals surface area (Å²) in [6.45, 7) is 9.78. The van der Waals surface area contributed by atoms with E-state index in [1.54, 1.807) is 11.1 Å². The molecule has 34 heavy (non-hydrogen) atoms. The minimum absolute atomic E-state index is 0.562. The van der Waals surface area contributed by atoms with Crippen molar-refractivity contribution in [2.24, 2.45) is 0 Å². The molecule has 1 heterocycles. The molecule has 0 bridgehead atoms. The average Bonchev–Trinajstić information content (AvgIpc) is 3.34. The van der Waals surface area contributed by atoms with Gasteiger partial charge in [0.1, 0.15) is 6.29 Å². The highest BCUT2D eigenvalue weighted by atomic mass is 16.1. The van der Waals surface area contributed by atoms with Gasteiger partial charge in [-0.25, -0.2) is 0 Å². The Kier molecular flexibility index (Phi) is 9.82. The molecule has 2 heteroatoms. The van der Waals surface area contributed by atoms with Crippen molar-refractivity contribution in [3.8, 4) is 0 Å². The summed E-state index contributed by atoms with van der Waals surface area (Å²) in [6, 6.07) is 19.8. The van der Waals surface area contributed by atoms with Crippen molar-refractivity contribution >= 4 is 12.4 Å². The van der Waals surface area contributed by atoms with E-state index in [1.165, 1.54) is 79.8 Å². The zero-order valence-corrected chi connectivity index (χ0v) is 21.1. The highest BCUT2D eigenvalue weighted by molar-refractivity contribution is 5.55. The van der Waals surface area contributed by atoms with Crippen LogP contribution in [0.2, 0.25) is 0 Å². The third-order valence-corrected chi connectivity index (χ3v) is 7.03. The monoisotopic (exact) mass is 453 g/mol. The highest BCUT2D eigenvalue weighted by Gasteiger charge is 2.26. The molecule has 2 aliphatic rings. The molecule has 1 fully saturated rings. The fourth-order valence-corrected chi connectivity index (χ4v) is 5.36. The molecule has 2 unspecified atom stereocenters. The van der Waals surface area contributed by atoms with E-state index in [-0.39, 0.29) is 0 Å². The van der Waals surface area contributed by atoms with Crippen LogP contribution in [0.3, 0.4) is 0 Å². The molecule has 0 saturated heterocycles. The molecule has 2 aromatic carbocycles. The summed E-state index contributed by atoms with van der Waals surface area (Å²) in [5, 5.41) is 0. The van der Waals surface area contributed by atoms with E-state index in [0.29, 0.717) is 11.8 Å². The lowest BCUT2D eigenvalue weighted by Gasteiger charge is -2.30. The molecule has 0 aliphatic heterocycles. The third-order valence-electron chi connectivity index (χ3n) is 7.03. The van der Waals surface area contributed by atoms with Gasteiger partial charge in [0.2, 0.25) is 0 Å². The van der Waals surface area contributed by atoms with Gasteiger partial charge in [-0.05, 0) is 99.1 Å². The predicted octanol–water partition coefficient (Wildman–Crippen LogP) is 8.16. The van der Waals surface area contributed by atoms with Gasteiger partial charge in [-0.15, -0.1) is 0 Å². The number of aryl methyl sites for hydroxylation is 4. The van der Waals surface area contributed by atoms with Gasteiger partial charge in [-0.1, -0.05) is 73.2 Å². The van der Waals surface area contributed by atoms with Crippen molar-refractivity contribution in [3.63, 3.8) is 0 Å². The lowest BCUT2D eigenvalue weighted by molar-refractivity contribution is -0.106. The Balaban J connectivity index is 0.000000222. The Hall–Kier alpha value is -3.00. The maximum atomic E-state index is 8.81. The first-order valence-corrected chi connectivity index (χ1v) is 12.7. The van der Waals surface area contributed by atoms with Crippen LogP contribution in [-0.4, -0.2) is 11.3 Å². The van der Waals surface area contributed by atoms with Gasteiger partial charge >= 0.3 is 0 Å². The van der Waals surface area contributed by atoms with E-state index in [0.717, 1.165) is 6.29 Å². The van der Waals surface area contributed by atoms with E-state index in [9.17, 15) is 0 Å². The number of nitrogens with zero attached hydrogens (tertiary/aromatic N) is 1. The second-order valence-corrected chi connectivity index (χ2v) is 9.46. The van der Waals surface area contributed by atoms with E-state index < -0.39 is 0 Å². The number of hydrogen-bond acceptors (Lipinski definition) is 2. The standard InChI is InChI=1S/C21H25N.C9H10.C2H4O/c1-4-20-16(3)11-12-22-21(20)19-10-6-9-18(14-19)17-8-5-7-15(2)13-17;1-2-5-9-7-3-6-8(9)4-1;1-2-3/h4-5,7-8,11-13,18-19H,1,6,9-10,14H2,2-3H3;1-2,4-5H,3,6-7H2;2H,1H3. The largest absolute Gasteiger partial charge is 0.304 e. The van der Waals surface area contributed by atoms with Crippen LogP contribution >= 0.6 is 0 Å². The van der Waals surface area contributed by atoms with Gasteiger partial charge in [0.05, 0.1) is 5.69 Å². The van der Waals surface area contributed by atoms with E-state index in [1.807, 2.05) is 12.3 Å². The topological polar surface area (TPSA) is 30.0 Å². The van der Waals surface area contributed by atoms with Crippen molar-refractivity contribution in [2.75, 3.05) is 0 Å². The molecule has 2 aliphatic carbocycles. The van der Waals surface area contributed by atoms with Crippen molar-refractivity contribution in [1.82, 2.24) is 4.98 Å². The Morgan fingerprint density at radius 2 is 1.59 bits per heavy atom. The Morgan fingerprint density at radius 1 is 0.912 bits per heavy atom. The predicted molar refractivity (Wildman–Crippen MR) is 144 cm³/mol. The van der Waals surface area contributed by atoms with E-state index >= 15 is 0 Å². The minimum atomic E-state index is 0.562. The smallest absolute Gasteiger partial charge is 0.116 e. The molecule has 0 radical (unpaired) electrons. The SMILES string of the molecule is C=Cc1c(C)ccnc1C1CCCC(c2cccc(C)c2)C1.CC=O.c1ccc2c(c1)CCC2. The first-order chi connectivity index (χ1) is 16.6. The zero-order chi connectivity index (χ0) is 24.3. The first kappa shape index (κ1) is 25.6. The van der Waals surface area contributed by atoms with Crippen LogP contribution in [0.1, 0.15) is 89.9 Å². The van der Waals surface area contributed by atoms with Gasteiger partial charge in [0.15, 0.2) is 0 Å². The maximum Gasteiger partial charge on any atom is 0.116 e. The number of carbonyl (C=O) groups is 1. The maximum absolute atomic E-state index is 8.81. The summed E-state index contributed by atoms with van der Waals surface area (Å²) in [7, 11) is 0. The number of rotatable bonds is 3. The lowest BCUT2D eigenvalue weighted by Crippen LogP contribution is -2.15. The highest BCUT2D eigenvalue weighted by Crippen LogP contribution is 2.42. The summed E-state index contributed by atoms with van der Waals surface area (Å²) >= 11 is 0. The fourth-order valence-electron chi connectivity index (χ4n) is 5.36. The normalized spacial score (nSPS) is 18.4. The number of benzene rings is 2. The van der Waals surface area contributed by atoms with E-state index in [4.69, 9.17) is 9.78 Å². The fraction of sp³-hybridized carbons (Fsp3) is 0.375. The molecule has 3 aromatic rings. The van der Waals surface area contributed by atoms with Crippen molar-refractivity contribution in [2.45, 2.75) is 77.6 Å². The van der Waals surface area contributed by atoms with Gasteiger partial charge in [0, 0.05) is 12.1 Å². The van der Waals surface area contributed by atoms with Gasteiger partial charge in [-0.2, -0.15) is 0 Å². The Bertz CT molecular complexity index is 1060. The summed E-state index contributed by atoms with van der Waals surface area (Å²) in [6.07, 6.45) is 13.7. The molecule has 0 spiro atoms. The molecule has 2 atom stereocenters. The number of hydrogen-bond donors (Lipinski definition) is 0. The van der Waals surface area contributed by atoms with Crippen LogP contribution in [0.25, 0.3) is 6.08 Å². The molecule has 1 aromatic heterocycles. The van der Waals surface area contributed by atoms with Crippen LogP contribution in [0.15, 0.2) is 67.4 Å². The summed E-state index contributed by atoms with van der Waals surface area (Å²) in [5.41, 5.74) is 9.79. The quantitative estimate of drug-likeness (QED) is 0.374. The summed E-state index contributed by atoms with van der Waals surface area (Å²) < 4.78 is 0. The number of pyridine rings is 1. The number of aromatic nitrogens is 1. The van der Waals surface area contributed by atoms with Crippen LogP contribution in [0.4, 0.5) is 0 Å². The molecule has 1 saturated carbocycles. The molecule has 0 amide bonds. The number of carbonyl (C=O) groups excluding carboxylic acids is 1. The molecule has 5 rings (SSSR count). The Morgan fingerprint density at radius 3 is 2.24 bits per heavy atom. The minimum Gasteiger partial charge on any atom is -0.304 e. The van der Waals surface area contributed by atoms with Crippen molar-refractivity contribution in [1.29, 1.82) is 0 Å². The number of aldehydes is 1. The van der Waals surface area contributed by atoms with Crippen molar-refractivity contribution < 1.29 is 4.79 Å². The average molecular weight is 454 g/mol.